The Morgan fingerprint density at radius 1 is 1.12 bits per heavy atom. The van der Waals surface area contributed by atoms with Gasteiger partial charge in [0, 0.05) is 17.1 Å². The van der Waals surface area contributed by atoms with Crippen LogP contribution in [-0.2, 0) is 6.42 Å². The molecule has 2 aromatic carbocycles. The van der Waals surface area contributed by atoms with Crippen molar-refractivity contribution in [1.29, 1.82) is 0 Å². The SMILES string of the molecule is O=C(NCCCc1ccccc1)c1cn[nH]c1-c1cccc(Cl)c1. The van der Waals surface area contributed by atoms with Gasteiger partial charge in [0.15, 0.2) is 0 Å². The summed E-state index contributed by atoms with van der Waals surface area (Å²) in [6.45, 7) is 0.619. The number of hydrogen-bond donors (Lipinski definition) is 2. The first-order chi connectivity index (χ1) is 11.7. The number of hydrogen-bond acceptors (Lipinski definition) is 2. The van der Waals surface area contributed by atoms with Crippen molar-refractivity contribution in [2.24, 2.45) is 0 Å². The second-order valence-electron chi connectivity index (χ2n) is 5.51. The van der Waals surface area contributed by atoms with Crippen molar-refractivity contribution in [2.75, 3.05) is 6.54 Å². The second kappa shape index (κ2) is 7.79. The molecule has 0 fully saturated rings. The number of aryl methyl sites for hydroxylation is 1. The van der Waals surface area contributed by atoms with Crippen LogP contribution in [0.15, 0.2) is 60.8 Å². The highest BCUT2D eigenvalue weighted by molar-refractivity contribution is 6.30. The van der Waals surface area contributed by atoms with Gasteiger partial charge in [-0.25, -0.2) is 0 Å². The molecule has 5 heteroatoms. The summed E-state index contributed by atoms with van der Waals surface area (Å²) in [7, 11) is 0. The third-order valence-corrected chi connectivity index (χ3v) is 4.00. The minimum absolute atomic E-state index is 0.133. The molecular formula is C19H18ClN3O. The number of H-pyrrole nitrogens is 1. The molecular weight excluding hydrogens is 322 g/mol. The number of amides is 1. The minimum Gasteiger partial charge on any atom is -0.352 e. The van der Waals surface area contributed by atoms with Gasteiger partial charge in [0.05, 0.1) is 17.5 Å². The number of nitrogens with zero attached hydrogens (tertiary/aromatic N) is 1. The molecule has 0 atom stereocenters. The van der Waals surface area contributed by atoms with Crippen LogP contribution in [0.25, 0.3) is 11.3 Å². The molecule has 0 aliphatic heterocycles. The highest BCUT2D eigenvalue weighted by Crippen LogP contribution is 2.23. The van der Waals surface area contributed by atoms with Crippen LogP contribution >= 0.6 is 11.6 Å². The van der Waals surface area contributed by atoms with Gasteiger partial charge in [0.1, 0.15) is 0 Å². The Hall–Kier alpha value is -2.59. The summed E-state index contributed by atoms with van der Waals surface area (Å²) in [4.78, 5) is 12.4. The van der Waals surface area contributed by atoms with E-state index in [1.165, 1.54) is 5.56 Å². The van der Waals surface area contributed by atoms with Crippen molar-refractivity contribution in [3.05, 3.63) is 76.9 Å². The molecule has 0 radical (unpaired) electrons. The van der Waals surface area contributed by atoms with Crippen LogP contribution < -0.4 is 5.32 Å². The maximum Gasteiger partial charge on any atom is 0.255 e. The number of carbonyl (C=O) groups is 1. The van der Waals surface area contributed by atoms with Gasteiger partial charge in [-0.3, -0.25) is 9.89 Å². The van der Waals surface area contributed by atoms with E-state index in [2.05, 4.69) is 27.6 Å². The molecule has 122 valence electrons. The summed E-state index contributed by atoms with van der Waals surface area (Å²) in [6, 6.07) is 17.6. The topological polar surface area (TPSA) is 57.8 Å². The maximum atomic E-state index is 12.4. The minimum atomic E-state index is -0.133. The van der Waals surface area contributed by atoms with Crippen molar-refractivity contribution >= 4 is 17.5 Å². The van der Waals surface area contributed by atoms with E-state index in [1.54, 1.807) is 18.3 Å². The number of carbonyl (C=O) groups excluding carboxylic acids is 1. The van der Waals surface area contributed by atoms with Gasteiger partial charge < -0.3 is 5.32 Å². The van der Waals surface area contributed by atoms with Gasteiger partial charge >= 0.3 is 0 Å². The highest BCUT2D eigenvalue weighted by Gasteiger charge is 2.15. The Kier molecular flexibility index (Phi) is 5.29. The van der Waals surface area contributed by atoms with Crippen molar-refractivity contribution in [1.82, 2.24) is 15.5 Å². The molecule has 1 amide bonds. The molecule has 2 N–H and O–H groups in total. The Bertz CT molecular complexity index is 814. The van der Waals surface area contributed by atoms with Gasteiger partial charge in [-0.15, -0.1) is 0 Å². The van der Waals surface area contributed by atoms with E-state index in [9.17, 15) is 4.79 Å². The second-order valence-corrected chi connectivity index (χ2v) is 5.95. The van der Waals surface area contributed by atoms with Crippen LogP contribution in [0.2, 0.25) is 5.02 Å². The van der Waals surface area contributed by atoms with Crippen molar-refractivity contribution < 1.29 is 4.79 Å². The van der Waals surface area contributed by atoms with Crippen LogP contribution in [0.3, 0.4) is 0 Å². The first-order valence-corrected chi connectivity index (χ1v) is 8.23. The van der Waals surface area contributed by atoms with E-state index in [4.69, 9.17) is 11.6 Å². The van der Waals surface area contributed by atoms with E-state index < -0.39 is 0 Å². The molecule has 4 nitrogen and oxygen atoms in total. The average Bonchev–Trinajstić information content (AvgIpc) is 3.09. The quantitative estimate of drug-likeness (QED) is 0.664. The normalized spacial score (nSPS) is 10.5. The number of halogens is 1. The summed E-state index contributed by atoms with van der Waals surface area (Å²) in [6.07, 6.45) is 3.37. The summed E-state index contributed by atoms with van der Waals surface area (Å²) >= 11 is 6.02. The van der Waals surface area contributed by atoms with Crippen molar-refractivity contribution in [3.63, 3.8) is 0 Å². The monoisotopic (exact) mass is 339 g/mol. The largest absolute Gasteiger partial charge is 0.352 e. The molecule has 0 aliphatic rings. The van der Waals surface area contributed by atoms with E-state index in [0.29, 0.717) is 22.8 Å². The molecule has 0 spiro atoms. The molecule has 1 aromatic heterocycles. The van der Waals surface area contributed by atoms with Gasteiger partial charge in [-0.2, -0.15) is 5.10 Å². The third kappa shape index (κ3) is 4.03. The fourth-order valence-corrected chi connectivity index (χ4v) is 2.75. The van der Waals surface area contributed by atoms with Crippen LogP contribution in [0, 0.1) is 0 Å². The molecule has 0 saturated carbocycles. The molecule has 0 aliphatic carbocycles. The van der Waals surface area contributed by atoms with Crippen molar-refractivity contribution in [3.8, 4) is 11.3 Å². The molecule has 1 heterocycles. The first kappa shape index (κ1) is 16.3. The van der Waals surface area contributed by atoms with E-state index in [1.807, 2.05) is 30.3 Å². The van der Waals surface area contributed by atoms with E-state index in [0.717, 1.165) is 18.4 Å². The summed E-state index contributed by atoms with van der Waals surface area (Å²) in [5, 5.41) is 10.4. The molecule has 3 rings (SSSR count). The van der Waals surface area contributed by atoms with Crippen LogP contribution in [0.5, 0.6) is 0 Å². The molecule has 24 heavy (non-hydrogen) atoms. The summed E-state index contributed by atoms with van der Waals surface area (Å²) in [5.74, 6) is -0.133. The number of aromatic amines is 1. The zero-order chi connectivity index (χ0) is 16.8. The molecule has 0 unspecified atom stereocenters. The van der Waals surface area contributed by atoms with Gasteiger partial charge in [0.2, 0.25) is 0 Å². The Labute approximate surface area is 145 Å². The zero-order valence-corrected chi connectivity index (χ0v) is 13.9. The number of aromatic nitrogens is 2. The molecule has 0 saturated heterocycles. The Morgan fingerprint density at radius 2 is 1.96 bits per heavy atom. The first-order valence-electron chi connectivity index (χ1n) is 7.85. The average molecular weight is 340 g/mol. The smallest absolute Gasteiger partial charge is 0.255 e. The zero-order valence-electron chi connectivity index (χ0n) is 13.1. The predicted molar refractivity (Wildman–Crippen MR) is 96.1 cm³/mol. The fourth-order valence-electron chi connectivity index (χ4n) is 2.56. The van der Waals surface area contributed by atoms with Gasteiger partial charge in [-0.05, 0) is 30.5 Å². The lowest BCUT2D eigenvalue weighted by atomic mass is 10.1. The van der Waals surface area contributed by atoms with Crippen molar-refractivity contribution in [2.45, 2.75) is 12.8 Å². The van der Waals surface area contributed by atoms with E-state index >= 15 is 0 Å². The lowest BCUT2D eigenvalue weighted by Gasteiger charge is -2.06. The number of benzene rings is 2. The predicted octanol–water partition coefficient (Wildman–Crippen LogP) is 4.09. The highest BCUT2D eigenvalue weighted by atomic mass is 35.5. The summed E-state index contributed by atoms with van der Waals surface area (Å²) in [5.41, 5.74) is 3.32. The van der Waals surface area contributed by atoms with Crippen LogP contribution in [-0.4, -0.2) is 22.6 Å². The standard InChI is InChI=1S/C19H18ClN3O/c20-16-10-4-9-15(12-16)18-17(13-22-23-18)19(24)21-11-5-8-14-6-2-1-3-7-14/h1-4,6-7,9-10,12-13H,5,8,11H2,(H,21,24)(H,22,23). The summed E-state index contributed by atoms with van der Waals surface area (Å²) < 4.78 is 0. The lowest BCUT2D eigenvalue weighted by Crippen LogP contribution is -2.24. The van der Waals surface area contributed by atoms with Crippen LogP contribution in [0.4, 0.5) is 0 Å². The Morgan fingerprint density at radius 3 is 2.75 bits per heavy atom. The molecule has 3 aromatic rings. The number of nitrogens with one attached hydrogen (secondary N) is 2. The van der Waals surface area contributed by atoms with Gasteiger partial charge in [-0.1, -0.05) is 54.1 Å². The Balaban J connectivity index is 1.59. The fraction of sp³-hybridized carbons (Fsp3) is 0.158. The molecule has 0 bridgehead atoms. The van der Waals surface area contributed by atoms with Gasteiger partial charge in [0.25, 0.3) is 5.91 Å². The lowest BCUT2D eigenvalue weighted by molar-refractivity contribution is 0.0954. The maximum absolute atomic E-state index is 12.4. The van der Waals surface area contributed by atoms with E-state index in [-0.39, 0.29) is 5.91 Å². The third-order valence-electron chi connectivity index (χ3n) is 3.77. The van der Waals surface area contributed by atoms with Crippen LogP contribution in [0.1, 0.15) is 22.3 Å². The number of rotatable bonds is 6.